The normalized spacial score (nSPS) is 19.7. The van der Waals surface area contributed by atoms with Crippen molar-refractivity contribution in [2.24, 2.45) is 13.0 Å². The van der Waals surface area contributed by atoms with Gasteiger partial charge in [-0.1, -0.05) is 22.9 Å². The third-order valence-electron chi connectivity index (χ3n) is 5.58. The second-order valence-corrected chi connectivity index (χ2v) is 8.49. The molecule has 1 fully saturated rings. The molecule has 3 aromatic rings. The number of aromatic nitrogens is 5. The van der Waals surface area contributed by atoms with Gasteiger partial charge in [-0.2, -0.15) is 5.26 Å². The molecule has 12 nitrogen and oxygen atoms in total. The van der Waals surface area contributed by atoms with Gasteiger partial charge in [-0.15, -0.1) is 5.10 Å². The molecule has 1 saturated carbocycles. The van der Waals surface area contributed by atoms with Crippen molar-refractivity contribution in [2.75, 3.05) is 10.6 Å². The van der Waals surface area contributed by atoms with Crippen molar-refractivity contribution < 1.29 is 19.4 Å². The summed E-state index contributed by atoms with van der Waals surface area (Å²) in [6, 6.07) is 8.43. The Morgan fingerprint density at radius 2 is 2.09 bits per heavy atom. The summed E-state index contributed by atoms with van der Waals surface area (Å²) in [5.74, 6) is -0.481. The zero-order valence-corrected chi connectivity index (χ0v) is 19.5. The van der Waals surface area contributed by atoms with Crippen LogP contribution in [0.4, 0.5) is 16.3 Å². The first-order valence-electron chi connectivity index (χ1n) is 10.6. The van der Waals surface area contributed by atoms with Gasteiger partial charge in [-0.25, -0.2) is 14.5 Å². The van der Waals surface area contributed by atoms with Gasteiger partial charge in [0.05, 0.1) is 23.6 Å². The highest BCUT2D eigenvalue weighted by atomic mass is 35.5. The van der Waals surface area contributed by atoms with Crippen LogP contribution in [0.1, 0.15) is 31.4 Å². The highest BCUT2D eigenvalue weighted by Crippen LogP contribution is 2.38. The lowest BCUT2D eigenvalue weighted by Crippen LogP contribution is -2.47. The Bertz CT molecular complexity index is 1300. The molecule has 0 aromatic carbocycles. The monoisotopic (exact) mass is 496 g/mol. The second-order valence-electron chi connectivity index (χ2n) is 8.14. The summed E-state index contributed by atoms with van der Waals surface area (Å²) in [5, 5.41) is 32.2. The van der Waals surface area contributed by atoms with Crippen LogP contribution >= 0.6 is 11.6 Å². The Morgan fingerprint density at radius 1 is 1.31 bits per heavy atom. The average molecular weight is 497 g/mol. The van der Waals surface area contributed by atoms with Crippen molar-refractivity contribution in [1.82, 2.24) is 25.0 Å². The van der Waals surface area contributed by atoms with Crippen molar-refractivity contribution in [1.29, 1.82) is 5.26 Å². The van der Waals surface area contributed by atoms with Gasteiger partial charge in [-0.05, 0) is 25.1 Å². The van der Waals surface area contributed by atoms with Crippen molar-refractivity contribution in [3.8, 4) is 17.5 Å². The summed E-state index contributed by atoms with van der Waals surface area (Å²) in [4.78, 5) is 33.1. The number of carbonyl (C=O) groups excluding carboxylic acids is 2. The molecule has 1 aliphatic carbocycles. The molecule has 0 aliphatic heterocycles. The molecule has 0 radical (unpaired) electrons. The predicted octanol–water partition coefficient (Wildman–Crippen LogP) is 2.84. The third kappa shape index (κ3) is 5.21. The van der Waals surface area contributed by atoms with E-state index in [0.29, 0.717) is 22.6 Å². The molecule has 0 bridgehead atoms. The fraction of sp³-hybridized carbons (Fsp3) is 0.318. The molecular weight excluding hydrogens is 476 g/mol. The Labute approximate surface area is 204 Å². The lowest BCUT2D eigenvalue weighted by molar-refractivity contribution is -0.130. The van der Waals surface area contributed by atoms with Crippen LogP contribution in [0.2, 0.25) is 5.15 Å². The number of aryl methyl sites for hydroxylation is 1. The first-order valence-corrected chi connectivity index (χ1v) is 11.0. The van der Waals surface area contributed by atoms with Crippen LogP contribution in [0, 0.1) is 17.2 Å². The van der Waals surface area contributed by atoms with Gasteiger partial charge < -0.3 is 15.2 Å². The van der Waals surface area contributed by atoms with Crippen LogP contribution in [0.5, 0.6) is 0 Å². The lowest BCUT2D eigenvalue weighted by Gasteiger charge is -2.36. The fourth-order valence-corrected chi connectivity index (χ4v) is 3.88. The maximum atomic E-state index is 12.5. The quantitative estimate of drug-likeness (QED) is 0.343. The van der Waals surface area contributed by atoms with Crippen LogP contribution in [-0.2, 0) is 16.6 Å². The molecule has 3 aromatic heterocycles. The van der Waals surface area contributed by atoms with E-state index in [2.05, 4.69) is 30.9 Å². The fourth-order valence-electron chi connectivity index (χ4n) is 3.61. The van der Waals surface area contributed by atoms with Crippen molar-refractivity contribution in [3.05, 3.63) is 47.4 Å². The second kappa shape index (κ2) is 9.65. The molecule has 35 heavy (non-hydrogen) atoms. The van der Waals surface area contributed by atoms with Gasteiger partial charge >= 0.3 is 6.09 Å². The van der Waals surface area contributed by atoms with E-state index in [9.17, 15) is 14.7 Å². The number of halogens is 1. The smallest absolute Gasteiger partial charge is 0.413 e. The van der Waals surface area contributed by atoms with E-state index in [-0.39, 0.29) is 29.7 Å². The topological polar surface area (TPSA) is 168 Å². The highest BCUT2D eigenvalue weighted by molar-refractivity contribution is 6.30. The Kier molecular flexibility index (Phi) is 6.63. The molecule has 0 unspecified atom stereocenters. The molecular formula is C22H21ClN8O4. The first kappa shape index (κ1) is 24.1. The number of nitrogens with one attached hydrogen (secondary N) is 2. The molecule has 13 heteroatoms. The van der Waals surface area contributed by atoms with Gasteiger partial charge in [0.25, 0.3) is 0 Å². The molecule has 0 spiro atoms. The minimum Gasteiger partial charge on any atom is -0.441 e. The van der Waals surface area contributed by atoms with Gasteiger partial charge in [0.15, 0.2) is 17.1 Å². The maximum absolute atomic E-state index is 12.5. The zero-order chi connectivity index (χ0) is 25.2. The Balaban J connectivity index is 1.41. The van der Waals surface area contributed by atoms with E-state index >= 15 is 0 Å². The molecule has 4 rings (SSSR count). The Hall–Kier alpha value is -4.08. The highest BCUT2D eigenvalue weighted by Gasteiger charge is 2.46. The summed E-state index contributed by atoms with van der Waals surface area (Å²) in [7, 11) is 1.60. The number of hydrogen-bond acceptors (Lipinski definition) is 9. The standard InChI is InChI=1S/C22H21ClN8O4/c1-12(15-4-3-7-25-18(15)23)35-21(33)28-19-17(29-30-31(19)2)16-6-5-14(10-26-16)27-20(32)13-8-22(34,9-13)11-24/h3-7,10,12-13,34H,8-9H2,1-2H3,(H,27,32)(H,28,33)/t12-,13-,22+/m1/s1. The van der Waals surface area contributed by atoms with E-state index in [1.807, 2.05) is 0 Å². The number of amides is 2. The molecule has 180 valence electrons. The molecule has 3 N–H and O–H groups in total. The van der Waals surface area contributed by atoms with Gasteiger partial charge in [0.1, 0.15) is 11.3 Å². The minimum atomic E-state index is -1.43. The third-order valence-corrected chi connectivity index (χ3v) is 5.89. The van der Waals surface area contributed by atoms with Crippen LogP contribution < -0.4 is 10.6 Å². The molecule has 0 saturated heterocycles. The number of aliphatic hydroxyl groups is 1. The zero-order valence-electron chi connectivity index (χ0n) is 18.8. The first-order chi connectivity index (χ1) is 16.7. The number of carbonyl (C=O) groups is 2. The predicted molar refractivity (Wildman–Crippen MR) is 124 cm³/mol. The summed E-state index contributed by atoms with van der Waals surface area (Å²) in [6.45, 7) is 1.67. The minimum absolute atomic E-state index is 0.0944. The van der Waals surface area contributed by atoms with Crippen molar-refractivity contribution >= 4 is 35.1 Å². The maximum Gasteiger partial charge on any atom is 0.413 e. The van der Waals surface area contributed by atoms with E-state index in [4.69, 9.17) is 21.6 Å². The van der Waals surface area contributed by atoms with Gasteiger partial charge in [0, 0.05) is 37.6 Å². The van der Waals surface area contributed by atoms with E-state index in [1.165, 1.54) is 17.1 Å². The summed E-state index contributed by atoms with van der Waals surface area (Å²) < 4.78 is 6.78. The van der Waals surface area contributed by atoms with Gasteiger partial charge in [0.2, 0.25) is 5.91 Å². The van der Waals surface area contributed by atoms with Crippen LogP contribution in [0.15, 0.2) is 36.7 Å². The van der Waals surface area contributed by atoms with E-state index < -0.39 is 23.7 Å². The van der Waals surface area contributed by atoms with Crippen LogP contribution in [0.3, 0.4) is 0 Å². The number of rotatable bonds is 6. The number of pyridine rings is 2. The summed E-state index contributed by atoms with van der Waals surface area (Å²) >= 11 is 6.06. The summed E-state index contributed by atoms with van der Waals surface area (Å²) in [6.07, 6.45) is 1.77. The molecule has 1 atom stereocenters. The number of anilines is 2. The van der Waals surface area contributed by atoms with Gasteiger partial charge in [-0.3, -0.25) is 15.1 Å². The number of hydrogen-bond donors (Lipinski definition) is 3. The lowest BCUT2D eigenvalue weighted by atomic mass is 9.71. The number of ether oxygens (including phenoxy) is 1. The summed E-state index contributed by atoms with van der Waals surface area (Å²) in [5.41, 5.74) is 0.268. The van der Waals surface area contributed by atoms with Crippen LogP contribution in [-0.4, -0.2) is 47.7 Å². The van der Waals surface area contributed by atoms with E-state index in [1.54, 1.807) is 44.3 Å². The van der Waals surface area contributed by atoms with Crippen molar-refractivity contribution in [3.63, 3.8) is 0 Å². The SMILES string of the molecule is C[C@@H](OC(=O)Nc1c(-c2ccc(NC(=O)[C@H]3C[C@](O)(C#N)C3)cn2)nnn1C)c1cccnc1Cl. The van der Waals surface area contributed by atoms with Crippen LogP contribution in [0.25, 0.3) is 11.4 Å². The number of nitrogens with zero attached hydrogens (tertiary/aromatic N) is 6. The van der Waals surface area contributed by atoms with E-state index in [0.717, 1.165) is 0 Å². The molecule has 3 heterocycles. The molecule has 1 aliphatic rings. The Morgan fingerprint density at radius 3 is 2.74 bits per heavy atom. The largest absolute Gasteiger partial charge is 0.441 e. The molecule has 2 amide bonds. The average Bonchev–Trinajstić information content (AvgIpc) is 3.17. The number of nitriles is 1. The van der Waals surface area contributed by atoms with Crippen molar-refractivity contribution in [2.45, 2.75) is 31.5 Å².